The van der Waals surface area contributed by atoms with Gasteiger partial charge in [0.25, 0.3) is 23.6 Å². The second-order valence-corrected chi connectivity index (χ2v) is 8.90. The van der Waals surface area contributed by atoms with E-state index < -0.39 is 30.3 Å². The number of aryl methyl sites for hydroxylation is 2. The summed E-state index contributed by atoms with van der Waals surface area (Å²) in [5.41, 5.74) is 3.39. The molecule has 1 heterocycles. The Morgan fingerprint density at radius 2 is 1.49 bits per heavy atom. The first-order valence-electron chi connectivity index (χ1n) is 11.5. The van der Waals surface area contributed by atoms with E-state index in [9.17, 15) is 24.0 Å². The highest BCUT2D eigenvalue weighted by Crippen LogP contribution is 2.32. The van der Waals surface area contributed by atoms with Crippen molar-refractivity contribution in [1.29, 1.82) is 0 Å². The third-order valence-electron chi connectivity index (χ3n) is 5.88. The summed E-state index contributed by atoms with van der Waals surface area (Å²) in [5.74, 6) is -2.55. The van der Waals surface area contributed by atoms with Crippen LogP contribution in [0.25, 0.3) is 0 Å². The Hall–Kier alpha value is -4.79. The second-order valence-electron chi connectivity index (χ2n) is 8.90. The van der Waals surface area contributed by atoms with Crippen molar-refractivity contribution in [1.82, 2.24) is 4.90 Å². The highest BCUT2D eigenvalue weighted by atomic mass is 16.5. The molecular weight excluding hydrogens is 474 g/mol. The zero-order valence-electron chi connectivity index (χ0n) is 20.8. The van der Waals surface area contributed by atoms with Gasteiger partial charge in [0.1, 0.15) is 0 Å². The van der Waals surface area contributed by atoms with Gasteiger partial charge in [-0.15, -0.1) is 0 Å². The minimum absolute atomic E-state index is 0.0436. The van der Waals surface area contributed by atoms with Crippen LogP contribution in [0, 0.1) is 13.8 Å². The Morgan fingerprint density at radius 1 is 0.838 bits per heavy atom. The van der Waals surface area contributed by atoms with Gasteiger partial charge in [-0.25, -0.2) is 9.69 Å². The highest BCUT2D eigenvalue weighted by molar-refractivity contribution is 6.35. The third kappa shape index (κ3) is 5.11. The number of imide groups is 1. The first-order chi connectivity index (χ1) is 17.6. The molecule has 188 valence electrons. The maximum absolute atomic E-state index is 13.1. The third-order valence-corrected chi connectivity index (χ3v) is 5.88. The zero-order valence-corrected chi connectivity index (χ0v) is 20.8. The maximum atomic E-state index is 13.1. The van der Waals surface area contributed by atoms with Crippen LogP contribution in [-0.4, -0.2) is 55.2 Å². The van der Waals surface area contributed by atoms with Gasteiger partial charge in [-0.3, -0.25) is 19.2 Å². The van der Waals surface area contributed by atoms with Gasteiger partial charge in [0.2, 0.25) is 0 Å². The SMILES string of the molecule is Cc1ccc(C)c(N2C(=O)c3ccc(C(=O)OCC(=O)Nc4ccc(C(=O)N(C)C)cc4)cc3C2=O)c1. The van der Waals surface area contributed by atoms with E-state index in [-0.39, 0.29) is 22.6 Å². The molecule has 1 N–H and O–H groups in total. The van der Waals surface area contributed by atoms with Crippen LogP contribution in [0.2, 0.25) is 0 Å². The van der Waals surface area contributed by atoms with E-state index in [1.807, 2.05) is 26.0 Å². The summed E-state index contributed by atoms with van der Waals surface area (Å²) in [6.45, 7) is 3.12. The number of esters is 1. The molecule has 4 rings (SSSR count). The number of hydrogen-bond acceptors (Lipinski definition) is 6. The highest BCUT2D eigenvalue weighted by Gasteiger charge is 2.38. The minimum atomic E-state index is -0.810. The van der Waals surface area contributed by atoms with Crippen molar-refractivity contribution in [3.05, 3.63) is 94.0 Å². The fourth-order valence-electron chi connectivity index (χ4n) is 3.91. The molecule has 0 aliphatic carbocycles. The molecule has 1 aliphatic heterocycles. The number of hydrogen-bond donors (Lipinski definition) is 1. The summed E-state index contributed by atoms with van der Waals surface area (Å²) in [6, 6.07) is 15.9. The van der Waals surface area contributed by atoms with E-state index in [4.69, 9.17) is 4.74 Å². The number of amides is 4. The number of rotatable bonds is 6. The molecule has 1 aliphatic rings. The molecule has 0 spiro atoms. The average molecular weight is 500 g/mol. The van der Waals surface area contributed by atoms with Crippen molar-refractivity contribution in [2.45, 2.75) is 13.8 Å². The molecule has 9 heteroatoms. The molecule has 0 bridgehead atoms. The lowest BCUT2D eigenvalue weighted by Gasteiger charge is -2.17. The van der Waals surface area contributed by atoms with Crippen LogP contribution in [0.4, 0.5) is 11.4 Å². The van der Waals surface area contributed by atoms with Crippen molar-refractivity contribution in [2.24, 2.45) is 0 Å². The lowest BCUT2D eigenvalue weighted by molar-refractivity contribution is -0.119. The lowest BCUT2D eigenvalue weighted by Crippen LogP contribution is -2.30. The van der Waals surface area contributed by atoms with E-state index in [2.05, 4.69) is 5.32 Å². The van der Waals surface area contributed by atoms with Crippen LogP contribution < -0.4 is 10.2 Å². The Kier molecular flexibility index (Phi) is 6.88. The summed E-state index contributed by atoms with van der Waals surface area (Å²) >= 11 is 0. The molecule has 9 nitrogen and oxygen atoms in total. The normalized spacial score (nSPS) is 12.3. The molecule has 37 heavy (non-hydrogen) atoms. The monoisotopic (exact) mass is 499 g/mol. The standard InChI is InChI=1S/C28H25N3O6/c1-16-5-6-17(2)23(13-16)31-26(34)21-12-9-19(14-22(21)27(31)35)28(36)37-15-24(32)29-20-10-7-18(8-11-20)25(33)30(3)4/h5-14H,15H2,1-4H3,(H,29,32). The van der Waals surface area contributed by atoms with Gasteiger partial charge in [0, 0.05) is 25.3 Å². The number of fused-ring (bicyclic) bond motifs is 1. The number of nitrogens with zero attached hydrogens (tertiary/aromatic N) is 2. The van der Waals surface area contributed by atoms with Crippen molar-refractivity contribution in [3.8, 4) is 0 Å². The number of nitrogens with one attached hydrogen (secondary N) is 1. The summed E-state index contributed by atoms with van der Waals surface area (Å²) in [5, 5.41) is 2.59. The van der Waals surface area contributed by atoms with Crippen LogP contribution in [-0.2, 0) is 9.53 Å². The smallest absolute Gasteiger partial charge is 0.338 e. The Balaban J connectivity index is 1.41. The number of carbonyl (C=O) groups is 5. The Labute approximate surface area is 213 Å². The molecule has 0 atom stereocenters. The molecule has 0 unspecified atom stereocenters. The van der Waals surface area contributed by atoms with Gasteiger partial charge in [-0.1, -0.05) is 12.1 Å². The number of ether oxygens (including phenoxy) is 1. The van der Waals surface area contributed by atoms with Gasteiger partial charge in [-0.2, -0.15) is 0 Å². The molecule has 0 fully saturated rings. The van der Waals surface area contributed by atoms with Crippen LogP contribution in [0.15, 0.2) is 60.7 Å². The van der Waals surface area contributed by atoms with E-state index in [1.165, 1.54) is 23.1 Å². The summed E-state index contributed by atoms with van der Waals surface area (Å²) < 4.78 is 5.10. The van der Waals surface area contributed by atoms with Gasteiger partial charge in [0.05, 0.1) is 22.4 Å². The second kappa shape index (κ2) is 10.1. The van der Waals surface area contributed by atoms with Crippen LogP contribution >= 0.6 is 0 Å². The fourth-order valence-corrected chi connectivity index (χ4v) is 3.91. The molecule has 4 amide bonds. The van der Waals surface area contributed by atoms with Crippen molar-refractivity contribution in [2.75, 3.05) is 30.9 Å². The van der Waals surface area contributed by atoms with Crippen LogP contribution in [0.1, 0.15) is 52.6 Å². The van der Waals surface area contributed by atoms with E-state index in [0.29, 0.717) is 16.9 Å². The zero-order chi connectivity index (χ0) is 26.9. The van der Waals surface area contributed by atoms with E-state index in [1.54, 1.807) is 44.4 Å². The first kappa shape index (κ1) is 25.3. The van der Waals surface area contributed by atoms with Gasteiger partial charge < -0.3 is 15.0 Å². The summed E-state index contributed by atoms with van der Waals surface area (Å²) in [6.07, 6.45) is 0. The van der Waals surface area contributed by atoms with Gasteiger partial charge in [0.15, 0.2) is 6.61 Å². The van der Waals surface area contributed by atoms with Crippen molar-refractivity contribution < 1.29 is 28.7 Å². The lowest BCUT2D eigenvalue weighted by atomic mass is 10.1. The van der Waals surface area contributed by atoms with Crippen LogP contribution in [0.5, 0.6) is 0 Å². The minimum Gasteiger partial charge on any atom is -0.452 e. The largest absolute Gasteiger partial charge is 0.452 e. The van der Waals surface area contributed by atoms with Crippen LogP contribution in [0.3, 0.4) is 0 Å². The predicted molar refractivity (Wildman–Crippen MR) is 137 cm³/mol. The van der Waals surface area contributed by atoms with Crippen molar-refractivity contribution in [3.63, 3.8) is 0 Å². The molecule has 3 aromatic carbocycles. The molecule has 0 radical (unpaired) electrons. The Morgan fingerprint density at radius 3 is 2.16 bits per heavy atom. The number of carbonyl (C=O) groups excluding carboxylic acids is 5. The van der Waals surface area contributed by atoms with E-state index >= 15 is 0 Å². The van der Waals surface area contributed by atoms with Crippen molar-refractivity contribution >= 4 is 41.0 Å². The summed E-state index contributed by atoms with van der Waals surface area (Å²) in [4.78, 5) is 65.3. The molecule has 3 aromatic rings. The molecular formula is C28H25N3O6. The molecule has 0 saturated heterocycles. The maximum Gasteiger partial charge on any atom is 0.338 e. The Bertz CT molecular complexity index is 1440. The quantitative estimate of drug-likeness (QED) is 0.410. The summed E-state index contributed by atoms with van der Waals surface area (Å²) in [7, 11) is 3.28. The molecule has 0 saturated carbocycles. The topological polar surface area (TPSA) is 113 Å². The van der Waals surface area contributed by atoms with E-state index in [0.717, 1.165) is 16.0 Å². The van der Waals surface area contributed by atoms with Gasteiger partial charge >= 0.3 is 5.97 Å². The predicted octanol–water partition coefficient (Wildman–Crippen LogP) is 3.60. The van der Waals surface area contributed by atoms with Gasteiger partial charge in [-0.05, 0) is 73.5 Å². The first-order valence-corrected chi connectivity index (χ1v) is 11.5. The fraction of sp³-hybridized carbons (Fsp3) is 0.179. The number of anilines is 2. The molecule has 0 aromatic heterocycles. The number of benzene rings is 3. The average Bonchev–Trinajstić information content (AvgIpc) is 3.13.